The third kappa shape index (κ3) is 3.40. The van der Waals surface area contributed by atoms with Crippen molar-refractivity contribution < 1.29 is 31.1 Å². The van der Waals surface area contributed by atoms with Gasteiger partial charge < -0.3 is 10.6 Å². The van der Waals surface area contributed by atoms with E-state index in [4.69, 9.17) is 5.73 Å². The van der Waals surface area contributed by atoms with Gasteiger partial charge in [-0.15, -0.1) is 12.4 Å². The van der Waals surface area contributed by atoms with Crippen molar-refractivity contribution in [2.45, 2.75) is 38.0 Å². The van der Waals surface area contributed by atoms with Crippen LogP contribution in [0, 0.1) is 17.3 Å². The maximum absolute atomic E-state index is 13.0. The normalized spacial score (nSPS) is 27.9. The smallest absolute Gasteiger partial charge is 0.341 e. The highest BCUT2D eigenvalue weighted by molar-refractivity contribution is 5.85. The van der Waals surface area contributed by atoms with Gasteiger partial charge in [0.25, 0.3) is 0 Å². The van der Waals surface area contributed by atoms with Crippen molar-refractivity contribution in [1.82, 2.24) is 4.90 Å². The predicted octanol–water partition coefficient (Wildman–Crippen LogP) is 3.13. The molecular formula is C13H19ClF6N2O. The van der Waals surface area contributed by atoms with Gasteiger partial charge in [0.2, 0.25) is 5.91 Å². The fraction of sp³-hybridized carbons (Fsp3) is 0.923. The van der Waals surface area contributed by atoms with E-state index in [-0.39, 0.29) is 24.9 Å². The summed E-state index contributed by atoms with van der Waals surface area (Å²) in [6, 6.07) is 0. The van der Waals surface area contributed by atoms with Crippen LogP contribution >= 0.6 is 12.4 Å². The number of carbonyl (C=O) groups is 1. The number of rotatable bonds is 2. The van der Waals surface area contributed by atoms with Gasteiger partial charge in [0, 0.05) is 19.0 Å². The molecule has 1 heterocycles. The second-order valence-corrected chi connectivity index (χ2v) is 6.12. The quantitative estimate of drug-likeness (QED) is 0.761. The molecule has 1 saturated heterocycles. The Morgan fingerprint density at radius 2 is 1.70 bits per heavy atom. The lowest BCUT2D eigenvalue weighted by atomic mass is 9.85. The lowest BCUT2D eigenvalue weighted by Crippen LogP contribution is -2.52. The summed E-state index contributed by atoms with van der Waals surface area (Å²) in [6.07, 6.45) is -10.1. The van der Waals surface area contributed by atoms with Crippen LogP contribution < -0.4 is 5.73 Å². The molecule has 2 rings (SSSR count). The topological polar surface area (TPSA) is 46.3 Å². The van der Waals surface area contributed by atoms with Crippen molar-refractivity contribution in [1.29, 1.82) is 0 Å². The van der Waals surface area contributed by atoms with Crippen LogP contribution in [-0.2, 0) is 4.79 Å². The van der Waals surface area contributed by atoms with Crippen LogP contribution in [0.25, 0.3) is 0 Å². The molecule has 2 fully saturated rings. The highest BCUT2D eigenvalue weighted by Crippen LogP contribution is 2.55. The first-order valence-electron chi connectivity index (χ1n) is 7.16. The number of alkyl halides is 6. The Balaban J connectivity index is 0.00000264. The number of nitrogens with zero attached hydrogens (tertiary/aromatic N) is 1. The Morgan fingerprint density at radius 1 is 1.13 bits per heavy atom. The summed E-state index contributed by atoms with van der Waals surface area (Å²) in [5, 5.41) is 0. The third-order valence-corrected chi connectivity index (χ3v) is 4.95. The summed E-state index contributed by atoms with van der Waals surface area (Å²) in [6.45, 7) is -1.65. The van der Waals surface area contributed by atoms with Gasteiger partial charge in [-0.3, -0.25) is 4.79 Å². The van der Waals surface area contributed by atoms with E-state index in [2.05, 4.69) is 0 Å². The minimum Gasteiger partial charge on any atom is -0.341 e. The number of likely N-dealkylation sites (tertiary alicyclic amines) is 1. The monoisotopic (exact) mass is 368 g/mol. The van der Waals surface area contributed by atoms with Gasteiger partial charge in [0.05, 0.1) is 0 Å². The molecule has 0 unspecified atom stereocenters. The SMILES string of the molecule is Cl.NC[C@H]1CCC[C@H]1C(=O)N1CCC(C(F)(F)F)(C(F)(F)F)C1. The number of hydrogen-bond donors (Lipinski definition) is 1. The van der Waals surface area contributed by atoms with Crippen LogP contribution in [0.3, 0.4) is 0 Å². The van der Waals surface area contributed by atoms with E-state index in [1.807, 2.05) is 0 Å². The van der Waals surface area contributed by atoms with Crippen molar-refractivity contribution in [3.8, 4) is 0 Å². The first-order chi connectivity index (χ1) is 10.0. The van der Waals surface area contributed by atoms with Gasteiger partial charge in [-0.05, 0) is 31.7 Å². The predicted molar refractivity (Wildman–Crippen MR) is 72.9 cm³/mol. The van der Waals surface area contributed by atoms with E-state index >= 15 is 0 Å². The minimum absolute atomic E-state index is 0. The summed E-state index contributed by atoms with van der Waals surface area (Å²) in [7, 11) is 0. The second kappa shape index (κ2) is 6.66. The lowest BCUT2D eigenvalue weighted by molar-refractivity contribution is -0.334. The molecule has 0 radical (unpaired) electrons. The molecule has 136 valence electrons. The van der Waals surface area contributed by atoms with Crippen molar-refractivity contribution in [3.63, 3.8) is 0 Å². The molecule has 0 spiro atoms. The molecule has 23 heavy (non-hydrogen) atoms. The standard InChI is InChI=1S/C13H18F6N2O.ClH/c14-12(15,16)11(13(17,18)19)4-5-21(7-11)10(22)9-3-1-2-8(9)6-20;/h8-9H,1-7,20H2;1H/t8-,9-;/m1./s1. The Labute approximate surface area is 136 Å². The average molecular weight is 369 g/mol. The molecule has 0 bridgehead atoms. The van der Waals surface area contributed by atoms with E-state index in [1.54, 1.807) is 0 Å². The van der Waals surface area contributed by atoms with E-state index in [0.29, 0.717) is 12.8 Å². The highest BCUT2D eigenvalue weighted by Gasteiger charge is 2.73. The number of carbonyl (C=O) groups excluding carboxylic acids is 1. The van der Waals surface area contributed by atoms with Crippen molar-refractivity contribution >= 4 is 18.3 Å². The summed E-state index contributed by atoms with van der Waals surface area (Å²) in [5.74, 6) is -1.33. The molecule has 10 heteroatoms. The molecule has 2 atom stereocenters. The van der Waals surface area contributed by atoms with Gasteiger partial charge in [-0.1, -0.05) is 6.42 Å². The van der Waals surface area contributed by atoms with Crippen molar-refractivity contribution in [2.24, 2.45) is 23.0 Å². The average Bonchev–Trinajstić information content (AvgIpc) is 3.03. The minimum atomic E-state index is -5.43. The number of amides is 1. The molecule has 1 amide bonds. The first-order valence-corrected chi connectivity index (χ1v) is 7.16. The van der Waals surface area contributed by atoms with Crippen LogP contribution in [0.15, 0.2) is 0 Å². The second-order valence-electron chi connectivity index (χ2n) is 6.12. The van der Waals surface area contributed by atoms with Crippen molar-refractivity contribution in [3.05, 3.63) is 0 Å². The molecule has 2 N–H and O–H groups in total. The van der Waals surface area contributed by atoms with E-state index in [0.717, 1.165) is 11.3 Å². The molecule has 0 aromatic heterocycles. The van der Waals surface area contributed by atoms with E-state index < -0.39 is 49.1 Å². The fourth-order valence-electron chi connectivity index (χ4n) is 3.50. The van der Waals surface area contributed by atoms with E-state index in [1.165, 1.54) is 0 Å². The molecule has 1 aliphatic heterocycles. The largest absolute Gasteiger partial charge is 0.404 e. The first kappa shape index (κ1) is 20.3. The molecule has 0 aromatic carbocycles. The summed E-state index contributed by atoms with van der Waals surface area (Å²) >= 11 is 0. The zero-order valence-electron chi connectivity index (χ0n) is 12.2. The number of halogens is 7. The summed E-state index contributed by atoms with van der Waals surface area (Å²) in [4.78, 5) is 13.0. The molecule has 0 aromatic rings. The Bertz CT molecular complexity index is 425. The Morgan fingerprint density at radius 3 is 2.13 bits per heavy atom. The fourth-order valence-corrected chi connectivity index (χ4v) is 3.50. The number of hydrogen-bond acceptors (Lipinski definition) is 2. The maximum Gasteiger partial charge on any atom is 0.404 e. The highest BCUT2D eigenvalue weighted by atomic mass is 35.5. The van der Waals surface area contributed by atoms with Crippen LogP contribution in [0.2, 0.25) is 0 Å². The summed E-state index contributed by atoms with van der Waals surface area (Å²) < 4.78 is 77.9. The van der Waals surface area contributed by atoms with Crippen LogP contribution in [0.4, 0.5) is 26.3 Å². The van der Waals surface area contributed by atoms with Crippen LogP contribution in [0.5, 0.6) is 0 Å². The molecular weight excluding hydrogens is 350 g/mol. The third-order valence-electron chi connectivity index (χ3n) is 4.95. The zero-order valence-corrected chi connectivity index (χ0v) is 13.0. The Hall–Kier alpha value is -0.700. The molecule has 1 aliphatic carbocycles. The van der Waals surface area contributed by atoms with Gasteiger partial charge in [-0.25, -0.2) is 0 Å². The lowest BCUT2D eigenvalue weighted by Gasteiger charge is -2.34. The molecule has 3 nitrogen and oxygen atoms in total. The molecule has 1 saturated carbocycles. The van der Waals surface area contributed by atoms with E-state index in [9.17, 15) is 31.1 Å². The van der Waals surface area contributed by atoms with Crippen LogP contribution in [-0.4, -0.2) is 42.8 Å². The maximum atomic E-state index is 13.0. The number of nitrogens with two attached hydrogens (primary N) is 1. The van der Waals surface area contributed by atoms with Crippen molar-refractivity contribution in [2.75, 3.05) is 19.6 Å². The van der Waals surface area contributed by atoms with Gasteiger partial charge in [0.1, 0.15) is 0 Å². The van der Waals surface area contributed by atoms with Gasteiger partial charge >= 0.3 is 12.4 Å². The van der Waals surface area contributed by atoms with Gasteiger partial charge in [-0.2, -0.15) is 26.3 Å². The zero-order chi connectivity index (χ0) is 16.8. The van der Waals surface area contributed by atoms with Gasteiger partial charge in [0.15, 0.2) is 5.41 Å². The Kier molecular flexibility index (Phi) is 5.89. The van der Waals surface area contributed by atoms with Crippen LogP contribution in [0.1, 0.15) is 25.7 Å². The summed E-state index contributed by atoms with van der Waals surface area (Å²) in [5.41, 5.74) is 1.71. The molecule has 2 aliphatic rings.